The van der Waals surface area contributed by atoms with Crippen molar-refractivity contribution in [1.82, 2.24) is 9.97 Å². The van der Waals surface area contributed by atoms with Crippen LogP contribution in [0.2, 0.25) is 0 Å². The largest absolute Gasteiger partial charge is 0.504 e. The number of aromatic nitrogens is 2. The number of aliphatic hydroxyl groups is 2. The second-order valence-electron chi connectivity index (χ2n) is 10.6. The normalized spacial score (nSPS) is 17.8. The van der Waals surface area contributed by atoms with Gasteiger partial charge in [0.1, 0.15) is 0 Å². The number of ketones is 3. The summed E-state index contributed by atoms with van der Waals surface area (Å²) in [7, 11) is 0. The molecule has 2 aromatic carbocycles. The number of aliphatic hydroxyl groups excluding tert-OH is 1. The number of Topliss-reactive ketones (excluding diaryl/α,β-unsaturated/α-hetero) is 3. The van der Waals surface area contributed by atoms with E-state index in [0.717, 1.165) is 16.7 Å². The molecule has 0 saturated carbocycles. The zero-order chi connectivity index (χ0) is 28.1. The number of carbonyl (C=O) groups excluding carboxylic acids is 3. The van der Waals surface area contributed by atoms with Crippen molar-refractivity contribution in [2.75, 3.05) is 0 Å². The number of fused-ring (bicyclic) bond motifs is 2. The molecule has 0 amide bonds. The Labute approximate surface area is 225 Å². The number of H-pyrrole nitrogens is 2. The maximum absolute atomic E-state index is 13.5. The van der Waals surface area contributed by atoms with Crippen molar-refractivity contribution in [2.24, 2.45) is 0 Å². The molecule has 0 radical (unpaired) electrons. The summed E-state index contributed by atoms with van der Waals surface area (Å²) >= 11 is 0. The lowest BCUT2D eigenvalue weighted by Crippen LogP contribution is -2.51. The summed E-state index contributed by atoms with van der Waals surface area (Å²) in [6.45, 7) is 8.01. The second kappa shape index (κ2) is 9.67. The molecule has 2 heterocycles. The van der Waals surface area contributed by atoms with Crippen LogP contribution >= 0.6 is 0 Å². The van der Waals surface area contributed by atoms with E-state index in [1.54, 1.807) is 6.07 Å². The Kier molecular flexibility index (Phi) is 6.48. The van der Waals surface area contributed by atoms with E-state index >= 15 is 0 Å². The summed E-state index contributed by atoms with van der Waals surface area (Å²) in [5.41, 5.74) is 2.48. The number of aromatic amines is 2. The van der Waals surface area contributed by atoms with Gasteiger partial charge in [-0.1, -0.05) is 41.5 Å². The Morgan fingerprint density at radius 1 is 0.795 bits per heavy atom. The van der Waals surface area contributed by atoms with Crippen molar-refractivity contribution in [1.29, 1.82) is 0 Å². The van der Waals surface area contributed by atoms with E-state index in [1.165, 1.54) is 18.0 Å². The topological polar surface area (TPSA) is 123 Å². The van der Waals surface area contributed by atoms with E-state index < -0.39 is 34.3 Å². The van der Waals surface area contributed by atoms with Crippen molar-refractivity contribution in [3.8, 4) is 0 Å². The molecular weight excluding hydrogens is 492 g/mol. The van der Waals surface area contributed by atoms with Crippen LogP contribution in [0.4, 0.5) is 0 Å². The summed E-state index contributed by atoms with van der Waals surface area (Å²) < 4.78 is 0. The zero-order valence-electron chi connectivity index (χ0n) is 22.3. The monoisotopic (exact) mass is 522 g/mol. The molecule has 0 bridgehead atoms. The van der Waals surface area contributed by atoms with Gasteiger partial charge in [0.05, 0.1) is 5.57 Å². The van der Waals surface area contributed by atoms with Gasteiger partial charge in [0.15, 0.2) is 5.76 Å². The molecule has 0 aliphatic heterocycles. The van der Waals surface area contributed by atoms with Crippen LogP contribution in [-0.2, 0) is 32.8 Å². The van der Waals surface area contributed by atoms with Gasteiger partial charge < -0.3 is 20.2 Å². The average molecular weight is 523 g/mol. The Morgan fingerprint density at radius 3 is 2.08 bits per heavy atom. The fourth-order valence-electron chi connectivity index (χ4n) is 5.01. The minimum Gasteiger partial charge on any atom is -0.504 e. The molecule has 2 aromatic heterocycles. The molecular formula is C32H30N2O5. The predicted molar refractivity (Wildman–Crippen MR) is 151 cm³/mol. The Bertz CT molecular complexity index is 1770. The molecule has 4 N–H and O–H groups in total. The average Bonchev–Trinajstić information content (AvgIpc) is 3.53. The van der Waals surface area contributed by atoms with Crippen LogP contribution in [0.15, 0.2) is 77.8 Å². The minimum atomic E-state index is -2.84. The van der Waals surface area contributed by atoms with E-state index in [2.05, 4.69) is 22.1 Å². The van der Waals surface area contributed by atoms with Gasteiger partial charge >= 0.3 is 0 Å². The van der Waals surface area contributed by atoms with E-state index in [9.17, 15) is 24.6 Å². The number of rotatable bonds is 6. The first-order chi connectivity index (χ1) is 18.5. The van der Waals surface area contributed by atoms with Crippen LogP contribution in [0.1, 0.15) is 49.9 Å². The number of nitrogens with one attached hydrogen (secondary N) is 2. The highest BCUT2D eigenvalue weighted by Crippen LogP contribution is 2.40. The molecule has 0 saturated heterocycles. The first-order valence-electron chi connectivity index (χ1n) is 12.8. The van der Waals surface area contributed by atoms with Crippen molar-refractivity contribution in [2.45, 2.75) is 46.1 Å². The van der Waals surface area contributed by atoms with Gasteiger partial charge in [-0.3, -0.25) is 14.4 Å². The summed E-state index contributed by atoms with van der Waals surface area (Å²) in [6.07, 6.45) is 8.33. The van der Waals surface area contributed by atoms with Crippen molar-refractivity contribution < 1.29 is 24.6 Å². The Hall–Kier alpha value is -4.49. The third-order valence-corrected chi connectivity index (χ3v) is 7.19. The SMILES string of the molecule is CC(C)=CCc1ccc2c([C@@]3(O)C(=O)C(=O)C(c4c[nH]c5ccc(CC=C(C)C)cc45)=C(O)C3=O)c[nH]c2c1. The second-order valence-corrected chi connectivity index (χ2v) is 10.6. The van der Waals surface area contributed by atoms with Gasteiger partial charge in [-0.05, 0) is 69.9 Å². The van der Waals surface area contributed by atoms with Crippen LogP contribution in [0.25, 0.3) is 27.4 Å². The standard InChI is InChI=1S/C32H30N2O5/c1-17(2)5-7-19-10-12-25-22(13-19)23(15-33-25)27-28(35)30(37)32(39,31(38)29(27)36)24-16-34-26-14-20(8-6-18(3)4)9-11-21(24)26/h5-6,9-16,33-35,39H,7-8H2,1-4H3/t32-/m0/s1. The lowest BCUT2D eigenvalue weighted by molar-refractivity contribution is -0.156. The molecule has 0 spiro atoms. The molecule has 7 heteroatoms. The summed E-state index contributed by atoms with van der Waals surface area (Å²) in [5.74, 6) is -4.59. The molecule has 4 aromatic rings. The van der Waals surface area contributed by atoms with E-state index in [-0.39, 0.29) is 11.1 Å². The van der Waals surface area contributed by atoms with E-state index in [0.29, 0.717) is 34.6 Å². The number of carbonyl (C=O) groups is 3. The minimum absolute atomic E-state index is 0.0665. The molecule has 1 aliphatic carbocycles. The number of allylic oxidation sites excluding steroid dienone is 5. The fraction of sp³-hybridized carbons (Fsp3) is 0.219. The highest BCUT2D eigenvalue weighted by Gasteiger charge is 2.56. The van der Waals surface area contributed by atoms with Crippen molar-refractivity contribution >= 4 is 44.7 Å². The van der Waals surface area contributed by atoms with E-state index in [4.69, 9.17) is 0 Å². The smallest absolute Gasteiger partial charge is 0.247 e. The first kappa shape index (κ1) is 26.1. The van der Waals surface area contributed by atoms with Crippen molar-refractivity contribution in [3.05, 3.63) is 100 Å². The highest BCUT2D eigenvalue weighted by atomic mass is 16.3. The lowest BCUT2D eigenvalue weighted by atomic mass is 9.75. The van der Waals surface area contributed by atoms with Crippen LogP contribution in [0.3, 0.4) is 0 Å². The molecule has 1 atom stereocenters. The molecule has 7 nitrogen and oxygen atoms in total. The quantitative estimate of drug-likeness (QED) is 0.150. The van der Waals surface area contributed by atoms with Crippen LogP contribution in [-0.4, -0.2) is 37.5 Å². The highest BCUT2D eigenvalue weighted by molar-refractivity contribution is 6.63. The van der Waals surface area contributed by atoms with Gasteiger partial charge in [0, 0.05) is 45.3 Å². The van der Waals surface area contributed by atoms with Crippen LogP contribution < -0.4 is 0 Å². The van der Waals surface area contributed by atoms with E-state index in [1.807, 2.05) is 58.0 Å². The van der Waals surface area contributed by atoms with Gasteiger partial charge in [-0.15, -0.1) is 0 Å². The summed E-state index contributed by atoms with van der Waals surface area (Å²) in [4.78, 5) is 46.5. The van der Waals surface area contributed by atoms with Crippen LogP contribution in [0.5, 0.6) is 0 Å². The molecule has 198 valence electrons. The van der Waals surface area contributed by atoms with Crippen molar-refractivity contribution in [3.63, 3.8) is 0 Å². The van der Waals surface area contributed by atoms with Gasteiger partial charge in [0.2, 0.25) is 23.0 Å². The lowest BCUT2D eigenvalue weighted by Gasteiger charge is -2.28. The number of hydrogen-bond donors (Lipinski definition) is 4. The number of hydrogen-bond acceptors (Lipinski definition) is 5. The molecule has 0 unspecified atom stereocenters. The molecule has 5 rings (SSSR count). The maximum Gasteiger partial charge on any atom is 0.247 e. The number of benzene rings is 2. The third-order valence-electron chi connectivity index (χ3n) is 7.19. The summed E-state index contributed by atoms with van der Waals surface area (Å²) in [6, 6.07) is 11.0. The third kappa shape index (κ3) is 4.34. The van der Waals surface area contributed by atoms with Crippen LogP contribution in [0, 0.1) is 0 Å². The molecule has 39 heavy (non-hydrogen) atoms. The zero-order valence-corrected chi connectivity index (χ0v) is 22.3. The summed E-state index contributed by atoms with van der Waals surface area (Å²) in [5, 5.41) is 23.5. The van der Waals surface area contributed by atoms with Gasteiger partial charge in [0.25, 0.3) is 0 Å². The molecule has 1 aliphatic rings. The fourth-order valence-corrected chi connectivity index (χ4v) is 5.01. The predicted octanol–water partition coefficient (Wildman–Crippen LogP) is 5.54. The first-order valence-corrected chi connectivity index (χ1v) is 12.8. The Morgan fingerprint density at radius 2 is 1.41 bits per heavy atom. The molecule has 0 fully saturated rings. The van der Waals surface area contributed by atoms with Gasteiger partial charge in [-0.25, -0.2) is 0 Å². The van der Waals surface area contributed by atoms with Gasteiger partial charge in [-0.2, -0.15) is 0 Å². The Balaban J connectivity index is 1.59. The maximum atomic E-state index is 13.5.